The molecule has 0 bridgehead atoms. The van der Waals surface area contributed by atoms with Crippen LogP contribution in [0.3, 0.4) is 0 Å². The molecule has 27 heavy (non-hydrogen) atoms. The van der Waals surface area contributed by atoms with E-state index in [4.69, 9.17) is 4.42 Å². The van der Waals surface area contributed by atoms with Gasteiger partial charge >= 0.3 is 0 Å². The van der Waals surface area contributed by atoms with E-state index in [1.807, 2.05) is 38.1 Å². The molecular weight excluding hydrogens is 378 g/mol. The number of rotatable bonds is 6. The topological polar surface area (TPSA) is 60.2 Å². The van der Waals surface area contributed by atoms with E-state index in [0.717, 1.165) is 22.4 Å². The molecule has 1 aromatic heterocycles. The second kappa shape index (κ2) is 7.90. The Hall–Kier alpha value is -2.05. The molecule has 0 fully saturated rings. The molecule has 0 amide bonds. The summed E-state index contributed by atoms with van der Waals surface area (Å²) in [6, 6.07) is 14.5. The third-order valence-corrected chi connectivity index (χ3v) is 7.18. The zero-order valence-corrected chi connectivity index (χ0v) is 17.5. The summed E-state index contributed by atoms with van der Waals surface area (Å²) < 4.78 is 32.2. The number of thioether (sulfide) groups is 1. The average molecular weight is 402 g/mol. The first-order valence-corrected chi connectivity index (χ1v) is 11.3. The molecule has 0 spiro atoms. The molecule has 0 unspecified atom stereocenters. The van der Waals surface area contributed by atoms with E-state index in [9.17, 15) is 8.42 Å². The Kier molecular flexibility index (Phi) is 5.77. The van der Waals surface area contributed by atoms with Gasteiger partial charge in [-0.05, 0) is 44.0 Å². The second-order valence-corrected chi connectivity index (χ2v) is 9.86. The zero-order valence-electron chi connectivity index (χ0n) is 15.9. The molecule has 3 aromatic rings. The molecule has 6 heteroatoms. The van der Waals surface area contributed by atoms with Crippen LogP contribution < -0.4 is 0 Å². The van der Waals surface area contributed by atoms with Crippen molar-refractivity contribution < 1.29 is 12.8 Å². The fraction of sp³-hybridized carbons (Fsp3) is 0.286. The van der Waals surface area contributed by atoms with Crippen molar-refractivity contribution in [3.8, 4) is 11.5 Å². The largest absolute Gasteiger partial charge is 0.428 e. The van der Waals surface area contributed by atoms with Crippen molar-refractivity contribution >= 4 is 21.6 Å². The SMILES string of the molecule is Cc1ccc(-c2nc(S(=O)(=O)c3ccc(C)cc3)c(SCC(C)C)o2)cc1. The summed E-state index contributed by atoms with van der Waals surface area (Å²) in [7, 11) is -3.76. The Morgan fingerprint density at radius 3 is 2.07 bits per heavy atom. The van der Waals surface area contributed by atoms with Crippen molar-refractivity contribution in [1.29, 1.82) is 0 Å². The number of nitrogens with zero attached hydrogens (tertiary/aromatic N) is 1. The lowest BCUT2D eigenvalue weighted by Gasteiger charge is -2.05. The highest BCUT2D eigenvalue weighted by molar-refractivity contribution is 8.00. The highest BCUT2D eigenvalue weighted by Gasteiger charge is 2.28. The van der Waals surface area contributed by atoms with Gasteiger partial charge in [-0.1, -0.05) is 61.0 Å². The van der Waals surface area contributed by atoms with Crippen LogP contribution in [-0.4, -0.2) is 19.2 Å². The van der Waals surface area contributed by atoms with Crippen molar-refractivity contribution in [3.63, 3.8) is 0 Å². The minimum Gasteiger partial charge on any atom is -0.428 e. The van der Waals surface area contributed by atoms with Gasteiger partial charge in [0.05, 0.1) is 4.90 Å². The number of sulfone groups is 1. The van der Waals surface area contributed by atoms with Gasteiger partial charge < -0.3 is 4.42 Å². The lowest BCUT2D eigenvalue weighted by Crippen LogP contribution is -2.04. The lowest BCUT2D eigenvalue weighted by atomic mass is 10.1. The Labute approximate surface area is 164 Å². The number of hydrogen-bond acceptors (Lipinski definition) is 5. The first kappa shape index (κ1) is 19.7. The molecule has 0 atom stereocenters. The van der Waals surface area contributed by atoms with Gasteiger partial charge in [-0.3, -0.25) is 0 Å². The third-order valence-electron chi connectivity index (χ3n) is 4.00. The van der Waals surface area contributed by atoms with E-state index in [-0.39, 0.29) is 9.92 Å². The van der Waals surface area contributed by atoms with Gasteiger partial charge in [-0.15, -0.1) is 0 Å². The van der Waals surface area contributed by atoms with Gasteiger partial charge in [0.1, 0.15) is 0 Å². The molecule has 1 heterocycles. The number of aromatic nitrogens is 1. The number of benzene rings is 2. The van der Waals surface area contributed by atoms with Crippen LogP contribution in [0.15, 0.2) is 68.0 Å². The molecule has 0 aliphatic carbocycles. The van der Waals surface area contributed by atoms with E-state index in [1.54, 1.807) is 24.3 Å². The Balaban J connectivity index is 2.08. The normalized spacial score (nSPS) is 11.9. The first-order valence-electron chi connectivity index (χ1n) is 8.80. The van der Waals surface area contributed by atoms with Crippen LogP contribution in [0.25, 0.3) is 11.5 Å². The molecule has 142 valence electrons. The van der Waals surface area contributed by atoms with Gasteiger partial charge in [-0.25, -0.2) is 8.42 Å². The summed E-state index contributed by atoms with van der Waals surface area (Å²) in [6.07, 6.45) is 0. The van der Waals surface area contributed by atoms with Crippen LogP contribution in [0.4, 0.5) is 0 Å². The van der Waals surface area contributed by atoms with Gasteiger partial charge in [0.2, 0.25) is 25.8 Å². The van der Waals surface area contributed by atoms with Crippen LogP contribution in [0.2, 0.25) is 0 Å². The van der Waals surface area contributed by atoms with Crippen LogP contribution in [0.1, 0.15) is 25.0 Å². The van der Waals surface area contributed by atoms with Crippen molar-refractivity contribution in [2.45, 2.75) is 42.7 Å². The standard InChI is InChI=1S/C21H23NO3S2/c1-14(2)13-26-21-20(27(23,24)18-11-7-16(4)8-12-18)22-19(25-21)17-9-5-15(3)6-10-17/h5-12,14H,13H2,1-4H3. The van der Waals surface area contributed by atoms with E-state index in [0.29, 0.717) is 16.9 Å². The minimum atomic E-state index is -3.76. The predicted octanol–water partition coefficient (Wildman–Crippen LogP) is 5.54. The Morgan fingerprint density at radius 2 is 1.52 bits per heavy atom. The molecule has 4 nitrogen and oxygen atoms in total. The maximum atomic E-state index is 13.2. The molecule has 3 rings (SSSR count). The third kappa shape index (κ3) is 4.45. The van der Waals surface area contributed by atoms with E-state index in [2.05, 4.69) is 18.8 Å². The minimum absolute atomic E-state index is 0.00687. The summed E-state index contributed by atoms with van der Waals surface area (Å²) in [5.74, 6) is 1.48. The fourth-order valence-electron chi connectivity index (χ4n) is 2.44. The molecule has 0 saturated carbocycles. The molecular formula is C21H23NO3S2. The maximum Gasteiger partial charge on any atom is 0.228 e. The quantitative estimate of drug-likeness (QED) is 0.508. The smallest absolute Gasteiger partial charge is 0.228 e. The van der Waals surface area contributed by atoms with E-state index < -0.39 is 9.84 Å². The fourth-order valence-corrected chi connectivity index (χ4v) is 4.92. The van der Waals surface area contributed by atoms with Crippen molar-refractivity contribution in [1.82, 2.24) is 4.98 Å². The van der Waals surface area contributed by atoms with Crippen molar-refractivity contribution in [3.05, 3.63) is 59.7 Å². The van der Waals surface area contributed by atoms with Crippen LogP contribution in [0.5, 0.6) is 0 Å². The molecule has 0 saturated heterocycles. The predicted molar refractivity (Wildman–Crippen MR) is 109 cm³/mol. The van der Waals surface area contributed by atoms with Crippen LogP contribution >= 0.6 is 11.8 Å². The van der Waals surface area contributed by atoms with E-state index in [1.165, 1.54) is 11.8 Å². The molecule has 0 N–H and O–H groups in total. The zero-order chi connectivity index (χ0) is 19.6. The highest BCUT2D eigenvalue weighted by Crippen LogP contribution is 2.35. The van der Waals surface area contributed by atoms with Gasteiger partial charge in [-0.2, -0.15) is 4.98 Å². The summed E-state index contributed by atoms with van der Waals surface area (Å²) >= 11 is 1.39. The van der Waals surface area contributed by atoms with Crippen molar-refractivity contribution in [2.24, 2.45) is 5.92 Å². The summed E-state index contributed by atoms with van der Waals surface area (Å²) in [6.45, 7) is 8.08. The Morgan fingerprint density at radius 1 is 0.963 bits per heavy atom. The van der Waals surface area contributed by atoms with Crippen LogP contribution in [0, 0.1) is 19.8 Å². The van der Waals surface area contributed by atoms with Gasteiger partial charge in [0.25, 0.3) is 0 Å². The molecule has 2 aromatic carbocycles. The van der Waals surface area contributed by atoms with Gasteiger partial charge in [0, 0.05) is 11.3 Å². The Bertz CT molecular complexity index is 1020. The number of oxazole rings is 1. The second-order valence-electron chi connectivity index (χ2n) is 7.00. The molecule has 0 aliphatic rings. The maximum absolute atomic E-state index is 13.2. The summed E-state index contributed by atoms with van der Waals surface area (Å²) in [4.78, 5) is 4.61. The summed E-state index contributed by atoms with van der Waals surface area (Å²) in [5.41, 5.74) is 2.88. The molecule has 0 aliphatic heterocycles. The first-order chi connectivity index (χ1) is 12.8. The molecule has 0 radical (unpaired) electrons. The highest BCUT2D eigenvalue weighted by atomic mass is 32.2. The monoisotopic (exact) mass is 401 g/mol. The van der Waals surface area contributed by atoms with Crippen LogP contribution in [-0.2, 0) is 9.84 Å². The number of hydrogen-bond donors (Lipinski definition) is 0. The number of aryl methyl sites for hydroxylation is 2. The summed E-state index contributed by atoms with van der Waals surface area (Å²) in [5, 5.41) is 0.340. The lowest BCUT2D eigenvalue weighted by molar-refractivity contribution is 0.469. The average Bonchev–Trinajstić information content (AvgIpc) is 3.06. The van der Waals surface area contributed by atoms with Crippen molar-refractivity contribution in [2.75, 3.05) is 5.75 Å². The van der Waals surface area contributed by atoms with E-state index >= 15 is 0 Å². The van der Waals surface area contributed by atoms with Gasteiger partial charge in [0.15, 0.2) is 0 Å².